The van der Waals surface area contributed by atoms with Crippen LogP contribution < -0.4 is 5.32 Å². The smallest absolute Gasteiger partial charge is 0.223 e. The van der Waals surface area contributed by atoms with Crippen molar-refractivity contribution in [3.8, 4) is 11.4 Å². The Kier molecular flexibility index (Phi) is 7.11. The van der Waals surface area contributed by atoms with Crippen LogP contribution in [-0.2, 0) is 10.0 Å². The normalized spacial score (nSPS) is 20.4. The summed E-state index contributed by atoms with van der Waals surface area (Å²) >= 11 is 0. The number of sulfonamides is 1. The molecule has 1 unspecified atom stereocenters. The molecule has 0 amide bonds. The van der Waals surface area contributed by atoms with Crippen molar-refractivity contribution in [1.29, 1.82) is 0 Å². The monoisotopic (exact) mass is 461 g/mol. The Morgan fingerprint density at radius 2 is 1.97 bits per heavy atom. The maximum Gasteiger partial charge on any atom is 0.223 e. The number of nitrogens with zero attached hydrogens (tertiary/aromatic N) is 6. The van der Waals surface area contributed by atoms with Crippen LogP contribution in [0.4, 0.5) is 5.95 Å². The zero-order valence-electron chi connectivity index (χ0n) is 19.4. The third kappa shape index (κ3) is 5.29. The Morgan fingerprint density at radius 1 is 1.19 bits per heavy atom. The summed E-state index contributed by atoms with van der Waals surface area (Å²) in [4.78, 5) is 15.9. The number of anilines is 1. The average Bonchev–Trinajstić information content (AvgIpc) is 3.49. The lowest BCUT2D eigenvalue weighted by Gasteiger charge is -2.19. The van der Waals surface area contributed by atoms with E-state index < -0.39 is 10.0 Å². The zero-order chi connectivity index (χ0) is 22.7. The molecule has 0 spiro atoms. The summed E-state index contributed by atoms with van der Waals surface area (Å²) in [5.74, 6) is 1.69. The van der Waals surface area contributed by atoms with Crippen molar-refractivity contribution in [2.75, 3.05) is 43.8 Å². The lowest BCUT2D eigenvalue weighted by atomic mass is 10.2. The molecule has 10 heteroatoms. The van der Waals surface area contributed by atoms with Gasteiger partial charge in [-0.1, -0.05) is 0 Å². The lowest BCUT2D eigenvalue weighted by Crippen LogP contribution is -2.34. The molecule has 176 valence electrons. The second-order valence-corrected chi connectivity index (χ2v) is 11.2. The number of aromatic nitrogens is 4. The van der Waals surface area contributed by atoms with E-state index in [9.17, 15) is 8.42 Å². The van der Waals surface area contributed by atoms with Gasteiger partial charge in [0.15, 0.2) is 0 Å². The van der Waals surface area contributed by atoms with Crippen molar-refractivity contribution in [2.24, 2.45) is 0 Å². The quantitative estimate of drug-likeness (QED) is 0.613. The van der Waals surface area contributed by atoms with Crippen molar-refractivity contribution in [2.45, 2.75) is 58.5 Å². The van der Waals surface area contributed by atoms with Crippen molar-refractivity contribution >= 4 is 16.0 Å². The fraction of sp³-hybridized carbons (Fsp3) is 0.682. The van der Waals surface area contributed by atoms with Crippen LogP contribution in [0.3, 0.4) is 0 Å². The van der Waals surface area contributed by atoms with Crippen LogP contribution in [0.1, 0.15) is 51.4 Å². The lowest BCUT2D eigenvalue weighted by molar-refractivity contribution is 0.338. The van der Waals surface area contributed by atoms with Crippen molar-refractivity contribution < 1.29 is 8.42 Å². The van der Waals surface area contributed by atoms with Gasteiger partial charge in [0.1, 0.15) is 5.82 Å². The van der Waals surface area contributed by atoms with Gasteiger partial charge in [-0.15, -0.1) is 0 Å². The largest absolute Gasteiger partial charge is 0.350 e. The van der Waals surface area contributed by atoms with Crippen LogP contribution in [0.15, 0.2) is 18.5 Å². The number of nitrogens with one attached hydrogen (secondary N) is 1. The number of hydrogen-bond acceptors (Lipinski definition) is 7. The maximum atomic E-state index is 12.8. The highest BCUT2D eigenvalue weighted by atomic mass is 32.2. The Morgan fingerprint density at radius 3 is 2.72 bits per heavy atom. The summed E-state index contributed by atoms with van der Waals surface area (Å²) in [7, 11) is -3.23. The molecule has 0 aliphatic carbocycles. The average molecular weight is 462 g/mol. The van der Waals surface area contributed by atoms with Crippen LogP contribution in [0.25, 0.3) is 11.4 Å². The molecule has 2 fully saturated rings. The van der Waals surface area contributed by atoms with Crippen LogP contribution in [0.2, 0.25) is 0 Å². The van der Waals surface area contributed by atoms with Gasteiger partial charge in [0.25, 0.3) is 0 Å². The van der Waals surface area contributed by atoms with E-state index in [4.69, 9.17) is 0 Å². The van der Waals surface area contributed by atoms with Gasteiger partial charge in [-0.3, -0.25) is 0 Å². The highest BCUT2D eigenvalue weighted by Crippen LogP contribution is 2.24. The van der Waals surface area contributed by atoms with Gasteiger partial charge in [-0.2, -0.15) is 4.31 Å². The Hall–Kier alpha value is -2.04. The van der Waals surface area contributed by atoms with Gasteiger partial charge in [-0.05, 0) is 72.2 Å². The zero-order valence-corrected chi connectivity index (χ0v) is 20.2. The summed E-state index contributed by atoms with van der Waals surface area (Å²) < 4.78 is 29.3. The molecule has 2 aromatic heterocycles. The van der Waals surface area contributed by atoms with Gasteiger partial charge in [0.05, 0.1) is 23.3 Å². The van der Waals surface area contributed by atoms with Crippen LogP contribution in [-0.4, -0.2) is 81.7 Å². The second-order valence-electron chi connectivity index (χ2n) is 9.13. The molecule has 0 aromatic carbocycles. The SMILES string of the molecule is Cc1ncc(-c2ccnc(NC3CCN(S(=O)(=O)CCCN4CCCC4)C3)n2)n1C(C)C. The number of imidazole rings is 1. The number of likely N-dealkylation sites (tertiary alicyclic amines) is 1. The Balaban J connectivity index is 1.35. The van der Waals surface area contributed by atoms with Crippen LogP contribution in [0, 0.1) is 6.92 Å². The minimum Gasteiger partial charge on any atom is -0.350 e. The number of aryl methyl sites for hydroxylation is 1. The molecule has 0 saturated carbocycles. The van der Waals surface area contributed by atoms with Gasteiger partial charge in [-0.25, -0.2) is 23.4 Å². The summed E-state index contributed by atoms with van der Waals surface area (Å²) in [5.41, 5.74) is 1.76. The molecular weight excluding hydrogens is 426 g/mol. The summed E-state index contributed by atoms with van der Waals surface area (Å²) in [6.45, 7) is 10.3. The highest BCUT2D eigenvalue weighted by molar-refractivity contribution is 7.89. The fourth-order valence-electron chi connectivity index (χ4n) is 4.75. The Bertz CT molecular complexity index is 1020. The first-order valence-corrected chi connectivity index (χ1v) is 13.3. The van der Waals surface area contributed by atoms with Gasteiger partial charge in [0, 0.05) is 31.4 Å². The molecule has 0 bridgehead atoms. The first-order chi connectivity index (χ1) is 15.3. The molecule has 32 heavy (non-hydrogen) atoms. The molecule has 2 saturated heterocycles. The molecule has 1 N–H and O–H groups in total. The molecule has 2 aliphatic rings. The van der Waals surface area contributed by atoms with E-state index in [2.05, 4.69) is 43.6 Å². The standard InChI is InChI=1S/C22H35N7O2S/c1-17(2)29-18(3)24-15-21(29)20-7-9-23-22(26-20)25-19-8-13-28(16-19)32(30,31)14-6-12-27-10-4-5-11-27/h7,9,15,17,19H,4-6,8,10-14,16H2,1-3H3,(H,23,25,26). The van der Waals surface area contributed by atoms with Gasteiger partial charge >= 0.3 is 0 Å². The fourth-order valence-corrected chi connectivity index (χ4v) is 6.30. The topological polar surface area (TPSA) is 96.2 Å². The van der Waals surface area contributed by atoms with E-state index in [1.807, 2.05) is 19.2 Å². The van der Waals surface area contributed by atoms with Crippen molar-refractivity contribution in [3.05, 3.63) is 24.3 Å². The molecule has 4 rings (SSSR count). The minimum atomic E-state index is -3.23. The predicted octanol–water partition coefficient (Wildman–Crippen LogP) is 2.53. The maximum absolute atomic E-state index is 12.8. The van der Waals surface area contributed by atoms with E-state index in [0.717, 1.165) is 43.3 Å². The van der Waals surface area contributed by atoms with Crippen LogP contribution in [0.5, 0.6) is 0 Å². The molecule has 2 aromatic rings. The minimum absolute atomic E-state index is 0.00959. The molecule has 9 nitrogen and oxygen atoms in total. The van der Waals surface area contributed by atoms with Gasteiger partial charge in [0.2, 0.25) is 16.0 Å². The predicted molar refractivity (Wildman–Crippen MR) is 126 cm³/mol. The Labute approximate surface area is 191 Å². The molecular formula is C22H35N7O2S. The molecule has 0 radical (unpaired) electrons. The highest BCUT2D eigenvalue weighted by Gasteiger charge is 2.31. The third-order valence-corrected chi connectivity index (χ3v) is 8.29. The first kappa shape index (κ1) is 23.1. The van der Waals surface area contributed by atoms with E-state index in [-0.39, 0.29) is 17.8 Å². The van der Waals surface area contributed by atoms with E-state index in [1.54, 1.807) is 10.5 Å². The van der Waals surface area contributed by atoms with Gasteiger partial charge < -0.3 is 14.8 Å². The van der Waals surface area contributed by atoms with Crippen molar-refractivity contribution in [1.82, 2.24) is 28.7 Å². The summed E-state index contributed by atoms with van der Waals surface area (Å²) in [5, 5.41) is 3.34. The third-order valence-electron chi connectivity index (χ3n) is 6.37. The molecule has 4 heterocycles. The van der Waals surface area contributed by atoms with Crippen molar-refractivity contribution in [3.63, 3.8) is 0 Å². The summed E-state index contributed by atoms with van der Waals surface area (Å²) in [6.07, 6.45) is 7.49. The molecule has 2 aliphatic heterocycles. The number of rotatable bonds is 9. The van der Waals surface area contributed by atoms with E-state index >= 15 is 0 Å². The second kappa shape index (κ2) is 9.84. The molecule has 1 atom stereocenters. The van der Waals surface area contributed by atoms with E-state index in [1.165, 1.54) is 12.8 Å². The first-order valence-electron chi connectivity index (χ1n) is 11.7. The van der Waals surface area contributed by atoms with Crippen LogP contribution >= 0.6 is 0 Å². The van der Waals surface area contributed by atoms with E-state index in [0.29, 0.717) is 25.5 Å². The summed E-state index contributed by atoms with van der Waals surface area (Å²) in [6, 6.07) is 2.17. The number of hydrogen-bond donors (Lipinski definition) is 1.